The zero-order valence-electron chi connectivity index (χ0n) is 10.2. The van der Waals surface area contributed by atoms with Crippen molar-refractivity contribution in [1.82, 2.24) is 10.4 Å². The molecule has 2 rings (SSSR count). The van der Waals surface area contributed by atoms with Crippen molar-refractivity contribution in [1.29, 1.82) is 0 Å². The molecule has 0 bridgehead atoms. The number of nitrogens with zero attached hydrogens (tertiary/aromatic N) is 1. The van der Waals surface area contributed by atoms with Crippen LogP contribution in [-0.2, 0) is 11.2 Å². The molecule has 4 heteroatoms. The van der Waals surface area contributed by atoms with Crippen LogP contribution in [0.15, 0.2) is 24.3 Å². The third-order valence-corrected chi connectivity index (χ3v) is 2.87. The Morgan fingerprint density at radius 3 is 2.59 bits per heavy atom. The molecule has 1 aromatic rings. The van der Waals surface area contributed by atoms with E-state index < -0.39 is 0 Å². The second kappa shape index (κ2) is 6.10. The van der Waals surface area contributed by atoms with Crippen LogP contribution in [0.2, 0.25) is 0 Å². The molecule has 0 spiro atoms. The maximum absolute atomic E-state index is 12.8. The van der Waals surface area contributed by atoms with Gasteiger partial charge in [-0.05, 0) is 31.0 Å². The van der Waals surface area contributed by atoms with Crippen LogP contribution >= 0.6 is 0 Å². The lowest BCUT2D eigenvalue weighted by molar-refractivity contribution is 0.00511. The minimum atomic E-state index is -0.178. The normalized spacial score (nSPS) is 19.2. The smallest absolute Gasteiger partial charge is 0.123 e. The molecule has 0 aromatic heterocycles. The van der Waals surface area contributed by atoms with E-state index in [2.05, 4.69) is 17.4 Å². The van der Waals surface area contributed by atoms with Crippen molar-refractivity contribution < 1.29 is 9.13 Å². The SMILES string of the molecule is C[C@@H](Cc1ccc(F)cc1)NN1CCOCC1. The average molecular weight is 238 g/mol. The van der Waals surface area contributed by atoms with Gasteiger partial charge in [0, 0.05) is 19.1 Å². The molecular formula is C13H19FN2O. The van der Waals surface area contributed by atoms with Crippen molar-refractivity contribution in [3.8, 4) is 0 Å². The van der Waals surface area contributed by atoms with Gasteiger partial charge in [-0.3, -0.25) is 5.43 Å². The molecule has 0 amide bonds. The number of hydrogen-bond acceptors (Lipinski definition) is 3. The van der Waals surface area contributed by atoms with Crippen molar-refractivity contribution in [2.75, 3.05) is 26.3 Å². The molecule has 94 valence electrons. The highest BCUT2D eigenvalue weighted by molar-refractivity contribution is 5.16. The Morgan fingerprint density at radius 2 is 1.94 bits per heavy atom. The van der Waals surface area contributed by atoms with Crippen LogP contribution in [0.3, 0.4) is 0 Å². The Kier molecular flexibility index (Phi) is 4.48. The van der Waals surface area contributed by atoms with Crippen LogP contribution < -0.4 is 5.43 Å². The van der Waals surface area contributed by atoms with Crippen LogP contribution in [-0.4, -0.2) is 37.4 Å². The Bertz CT molecular complexity index is 336. The monoisotopic (exact) mass is 238 g/mol. The van der Waals surface area contributed by atoms with Crippen molar-refractivity contribution in [3.05, 3.63) is 35.6 Å². The average Bonchev–Trinajstić information content (AvgIpc) is 2.33. The second-order valence-corrected chi connectivity index (χ2v) is 4.46. The first-order valence-corrected chi connectivity index (χ1v) is 6.07. The lowest BCUT2D eigenvalue weighted by Crippen LogP contribution is -2.49. The van der Waals surface area contributed by atoms with Crippen molar-refractivity contribution in [2.45, 2.75) is 19.4 Å². The van der Waals surface area contributed by atoms with Gasteiger partial charge in [0.15, 0.2) is 0 Å². The van der Waals surface area contributed by atoms with E-state index >= 15 is 0 Å². The lowest BCUT2D eigenvalue weighted by Gasteiger charge is -2.30. The fraction of sp³-hybridized carbons (Fsp3) is 0.538. The molecule has 1 N–H and O–H groups in total. The molecule has 0 unspecified atom stereocenters. The van der Waals surface area contributed by atoms with Crippen molar-refractivity contribution in [3.63, 3.8) is 0 Å². The summed E-state index contributed by atoms with van der Waals surface area (Å²) in [7, 11) is 0. The number of ether oxygens (including phenoxy) is 1. The van der Waals surface area contributed by atoms with E-state index in [1.165, 1.54) is 12.1 Å². The predicted molar refractivity (Wildman–Crippen MR) is 65.1 cm³/mol. The highest BCUT2D eigenvalue weighted by atomic mass is 19.1. The lowest BCUT2D eigenvalue weighted by atomic mass is 10.1. The van der Waals surface area contributed by atoms with Gasteiger partial charge < -0.3 is 4.74 Å². The zero-order valence-corrected chi connectivity index (χ0v) is 10.2. The Labute approximate surface area is 102 Å². The summed E-state index contributed by atoms with van der Waals surface area (Å²) in [4.78, 5) is 0. The van der Waals surface area contributed by atoms with Crippen LogP contribution in [0.5, 0.6) is 0 Å². The molecule has 17 heavy (non-hydrogen) atoms. The number of halogens is 1. The summed E-state index contributed by atoms with van der Waals surface area (Å²) >= 11 is 0. The largest absolute Gasteiger partial charge is 0.379 e. The zero-order chi connectivity index (χ0) is 12.1. The number of hydrazine groups is 1. The van der Waals surface area contributed by atoms with E-state index in [1.807, 2.05) is 12.1 Å². The number of hydrogen-bond donors (Lipinski definition) is 1. The van der Waals surface area contributed by atoms with Gasteiger partial charge in [0.05, 0.1) is 13.2 Å². The summed E-state index contributed by atoms with van der Waals surface area (Å²) in [6.07, 6.45) is 0.900. The van der Waals surface area contributed by atoms with E-state index in [4.69, 9.17) is 4.74 Å². The molecular weight excluding hydrogens is 219 g/mol. The number of rotatable bonds is 4. The van der Waals surface area contributed by atoms with Crippen molar-refractivity contribution >= 4 is 0 Å². The summed E-state index contributed by atoms with van der Waals surface area (Å²) < 4.78 is 18.0. The van der Waals surface area contributed by atoms with Gasteiger partial charge in [0.2, 0.25) is 0 Å². The third-order valence-electron chi connectivity index (χ3n) is 2.87. The molecule has 0 aliphatic carbocycles. The van der Waals surface area contributed by atoms with Gasteiger partial charge in [0.1, 0.15) is 5.82 Å². The maximum atomic E-state index is 12.8. The van der Waals surface area contributed by atoms with E-state index in [0.29, 0.717) is 6.04 Å². The molecule has 1 aliphatic rings. The summed E-state index contributed by atoms with van der Waals surface area (Å²) in [6, 6.07) is 7.05. The molecule has 1 aromatic carbocycles. The number of morpholine rings is 1. The molecule has 0 radical (unpaired) electrons. The topological polar surface area (TPSA) is 24.5 Å². The van der Waals surface area contributed by atoms with Crippen LogP contribution in [0.25, 0.3) is 0 Å². The van der Waals surface area contributed by atoms with E-state index in [0.717, 1.165) is 38.3 Å². The Morgan fingerprint density at radius 1 is 1.29 bits per heavy atom. The van der Waals surface area contributed by atoms with Crippen molar-refractivity contribution in [2.24, 2.45) is 0 Å². The highest BCUT2D eigenvalue weighted by Crippen LogP contribution is 2.06. The van der Waals surface area contributed by atoms with Gasteiger partial charge >= 0.3 is 0 Å². The fourth-order valence-electron chi connectivity index (χ4n) is 2.02. The van der Waals surface area contributed by atoms with E-state index in [9.17, 15) is 4.39 Å². The highest BCUT2D eigenvalue weighted by Gasteiger charge is 2.12. The summed E-state index contributed by atoms with van der Waals surface area (Å²) in [5, 5.41) is 2.19. The molecule has 1 aliphatic heterocycles. The first-order chi connectivity index (χ1) is 8.24. The quantitative estimate of drug-likeness (QED) is 0.862. The first kappa shape index (κ1) is 12.5. The molecule has 1 saturated heterocycles. The summed E-state index contributed by atoms with van der Waals surface area (Å²) in [5.41, 5.74) is 4.59. The minimum absolute atomic E-state index is 0.178. The van der Waals surface area contributed by atoms with E-state index in [1.54, 1.807) is 0 Å². The molecule has 1 fully saturated rings. The number of benzene rings is 1. The van der Waals surface area contributed by atoms with Crippen LogP contribution in [0.4, 0.5) is 4.39 Å². The van der Waals surface area contributed by atoms with Gasteiger partial charge in [-0.25, -0.2) is 9.40 Å². The Balaban J connectivity index is 1.79. The van der Waals surface area contributed by atoms with Gasteiger partial charge in [0.25, 0.3) is 0 Å². The minimum Gasteiger partial charge on any atom is -0.379 e. The van der Waals surface area contributed by atoms with Gasteiger partial charge in [-0.2, -0.15) is 0 Å². The van der Waals surface area contributed by atoms with E-state index in [-0.39, 0.29) is 5.82 Å². The van der Waals surface area contributed by atoms with Crippen LogP contribution in [0.1, 0.15) is 12.5 Å². The molecule has 3 nitrogen and oxygen atoms in total. The summed E-state index contributed by atoms with van der Waals surface area (Å²) in [5.74, 6) is -0.178. The number of nitrogens with one attached hydrogen (secondary N) is 1. The molecule has 1 heterocycles. The molecule has 1 atom stereocenters. The maximum Gasteiger partial charge on any atom is 0.123 e. The Hall–Kier alpha value is -0.970. The second-order valence-electron chi connectivity index (χ2n) is 4.46. The fourth-order valence-corrected chi connectivity index (χ4v) is 2.02. The predicted octanol–water partition coefficient (Wildman–Crippen LogP) is 1.59. The van der Waals surface area contributed by atoms with Gasteiger partial charge in [-0.15, -0.1) is 0 Å². The standard InChI is InChI=1S/C13H19FN2O/c1-11(15-16-6-8-17-9-7-16)10-12-2-4-13(14)5-3-12/h2-5,11,15H,6-10H2,1H3/t11-/m0/s1. The van der Waals surface area contributed by atoms with Gasteiger partial charge in [-0.1, -0.05) is 12.1 Å². The first-order valence-electron chi connectivity index (χ1n) is 6.07. The third kappa shape index (κ3) is 4.07. The van der Waals surface area contributed by atoms with Crippen LogP contribution in [0, 0.1) is 5.82 Å². The molecule has 0 saturated carbocycles. The summed E-state index contributed by atoms with van der Waals surface area (Å²) in [6.45, 7) is 5.56.